The van der Waals surface area contributed by atoms with Gasteiger partial charge in [0.05, 0.1) is 16.8 Å². The molecule has 29 heavy (non-hydrogen) atoms. The van der Waals surface area contributed by atoms with Gasteiger partial charge in [0, 0.05) is 36.0 Å². The summed E-state index contributed by atoms with van der Waals surface area (Å²) >= 11 is 0. The lowest BCUT2D eigenvalue weighted by molar-refractivity contribution is 0.102. The Morgan fingerprint density at radius 1 is 0.931 bits per heavy atom. The number of carbonyl (C=O) groups is 1. The van der Waals surface area contributed by atoms with Crippen molar-refractivity contribution >= 4 is 33.6 Å². The van der Waals surface area contributed by atoms with E-state index in [0.717, 1.165) is 22.2 Å². The smallest absolute Gasteiger partial charge is 0.256 e. The molecular weight excluding hydrogens is 364 g/mol. The van der Waals surface area contributed by atoms with Gasteiger partial charge in [0.15, 0.2) is 11.5 Å². The standard InChI is InChI=1S/C23H16N4O2/c1-14-25-21-12-16(6-7-22(21)29-14)26-23(28)18-13-20(15-8-10-24-11-9-15)27-19-5-3-2-4-17(18)19/h2-13H,1H3,(H,26,28). The SMILES string of the molecule is Cc1nc2cc(NC(=O)c3cc(-c4ccncc4)nc4ccccc34)ccc2o1. The summed E-state index contributed by atoms with van der Waals surface area (Å²) in [7, 11) is 0. The predicted molar refractivity (Wildman–Crippen MR) is 112 cm³/mol. The molecule has 0 saturated heterocycles. The highest BCUT2D eigenvalue weighted by Crippen LogP contribution is 2.26. The summed E-state index contributed by atoms with van der Waals surface area (Å²) < 4.78 is 5.50. The zero-order chi connectivity index (χ0) is 19.8. The second kappa shape index (κ2) is 6.83. The molecule has 0 bridgehead atoms. The van der Waals surface area contributed by atoms with Gasteiger partial charge in [-0.15, -0.1) is 0 Å². The van der Waals surface area contributed by atoms with Crippen molar-refractivity contribution in [1.29, 1.82) is 0 Å². The molecule has 0 unspecified atom stereocenters. The monoisotopic (exact) mass is 380 g/mol. The van der Waals surface area contributed by atoms with Crippen LogP contribution in [0.15, 0.2) is 77.5 Å². The fourth-order valence-electron chi connectivity index (χ4n) is 3.35. The molecule has 2 aromatic carbocycles. The van der Waals surface area contributed by atoms with Crippen LogP contribution in [-0.4, -0.2) is 20.9 Å². The van der Waals surface area contributed by atoms with E-state index in [9.17, 15) is 4.79 Å². The Bertz CT molecular complexity index is 1360. The number of aromatic nitrogens is 3. The molecule has 1 amide bonds. The number of hydrogen-bond donors (Lipinski definition) is 1. The van der Waals surface area contributed by atoms with Gasteiger partial charge >= 0.3 is 0 Å². The second-order valence-corrected chi connectivity index (χ2v) is 6.68. The molecule has 5 aromatic rings. The van der Waals surface area contributed by atoms with Crippen molar-refractivity contribution in [3.63, 3.8) is 0 Å². The molecule has 0 atom stereocenters. The van der Waals surface area contributed by atoms with Crippen molar-refractivity contribution in [2.45, 2.75) is 6.92 Å². The number of amides is 1. The van der Waals surface area contributed by atoms with E-state index in [1.807, 2.05) is 42.5 Å². The van der Waals surface area contributed by atoms with Crippen molar-refractivity contribution in [3.05, 3.63) is 84.5 Å². The molecule has 1 N–H and O–H groups in total. The fraction of sp³-hybridized carbons (Fsp3) is 0.0435. The maximum Gasteiger partial charge on any atom is 0.256 e. The highest BCUT2D eigenvalue weighted by molar-refractivity contribution is 6.13. The van der Waals surface area contributed by atoms with Gasteiger partial charge in [0.25, 0.3) is 5.91 Å². The number of benzene rings is 2. The Hall–Kier alpha value is -4.06. The first-order valence-corrected chi connectivity index (χ1v) is 9.16. The number of nitrogens with one attached hydrogen (secondary N) is 1. The average molecular weight is 380 g/mol. The number of para-hydroxylation sites is 1. The Morgan fingerprint density at radius 2 is 1.76 bits per heavy atom. The molecule has 0 radical (unpaired) electrons. The number of anilines is 1. The molecule has 0 aliphatic carbocycles. The van der Waals surface area contributed by atoms with Gasteiger partial charge in [-0.05, 0) is 42.5 Å². The van der Waals surface area contributed by atoms with E-state index >= 15 is 0 Å². The number of fused-ring (bicyclic) bond motifs is 2. The second-order valence-electron chi connectivity index (χ2n) is 6.68. The van der Waals surface area contributed by atoms with E-state index in [4.69, 9.17) is 9.40 Å². The normalized spacial score (nSPS) is 11.1. The topological polar surface area (TPSA) is 80.9 Å². The summed E-state index contributed by atoms with van der Waals surface area (Å²) in [6.07, 6.45) is 3.42. The molecule has 0 spiro atoms. The van der Waals surface area contributed by atoms with Crippen molar-refractivity contribution in [3.8, 4) is 11.3 Å². The highest BCUT2D eigenvalue weighted by atomic mass is 16.3. The van der Waals surface area contributed by atoms with Crippen LogP contribution in [0.1, 0.15) is 16.2 Å². The van der Waals surface area contributed by atoms with E-state index < -0.39 is 0 Å². The quantitative estimate of drug-likeness (QED) is 0.476. The zero-order valence-corrected chi connectivity index (χ0v) is 15.6. The number of oxazole rings is 1. The summed E-state index contributed by atoms with van der Waals surface area (Å²) in [5.41, 5.74) is 4.99. The molecule has 5 rings (SSSR count). The van der Waals surface area contributed by atoms with E-state index in [2.05, 4.69) is 15.3 Å². The van der Waals surface area contributed by atoms with Gasteiger partial charge in [-0.2, -0.15) is 0 Å². The molecule has 3 heterocycles. The minimum atomic E-state index is -0.210. The summed E-state index contributed by atoms with van der Waals surface area (Å²) in [4.78, 5) is 26.2. The third-order valence-electron chi connectivity index (χ3n) is 4.69. The molecular formula is C23H16N4O2. The molecule has 140 valence electrons. The van der Waals surface area contributed by atoms with Gasteiger partial charge in [-0.3, -0.25) is 9.78 Å². The lowest BCUT2D eigenvalue weighted by Gasteiger charge is -2.10. The fourth-order valence-corrected chi connectivity index (χ4v) is 3.35. The van der Waals surface area contributed by atoms with E-state index in [-0.39, 0.29) is 5.91 Å². The number of aryl methyl sites for hydroxylation is 1. The molecule has 0 saturated carbocycles. The Balaban J connectivity index is 1.57. The number of hydrogen-bond acceptors (Lipinski definition) is 5. The van der Waals surface area contributed by atoms with Crippen LogP contribution < -0.4 is 5.32 Å². The average Bonchev–Trinajstić information content (AvgIpc) is 3.13. The van der Waals surface area contributed by atoms with Crippen LogP contribution in [0.25, 0.3) is 33.3 Å². The van der Waals surface area contributed by atoms with Gasteiger partial charge in [-0.25, -0.2) is 9.97 Å². The van der Waals surface area contributed by atoms with Crippen LogP contribution in [0.4, 0.5) is 5.69 Å². The van der Waals surface area contributed by atoms with Crippen molar-refractivity contribution in [1.82, 2.24) is 15.0 Å². The molecule has 0 fully saturated rings. The van der Waals surface area contributed by atoms with Crippen molar-refractivity contribution in [2.24, 2.45) is 0 Å². The number of rotatable bonds is 3. The van der Waals surface area contributed by atoms with Gasteiger partial charge in [0.2, 0.25) is 0 Å². The Morgan fingerprint density at radius 3 is 2.62 bits per heavy atom. The summed E-state index contributed by atoms with van der Waals surface area (Å²) in [6.45, 7) is 1.79. The Labute approximate surface area is 166 Å². The molecule has 3 aromatic heterocycles. The number of pyridine rings is 2. The predicted octanol–water partition coefficient (Wildman–Crippen LogP) is 5.00. The van der Waals surface area contributed by atoms with Crippen LogP contribution in [0.2, 0.25) is 0 Å². The van der Waals surface area contributed by atoms with Gasteiger partial charge in [0.1, 0.15) is 5.52 Å². The lowest BCUT2D eigenvalue weighted by Crippen LogP contribution is -2.13. The maximum absolute atomic E-state index is 13.2. The van der Waals surface area contributed by atoms with Crippen LogP contribution in [0.5, 0.6) is 0 Å². The third-order valence-corrected chi connectivity index (χ3v) is 4.69. The largest absolute Gasteiger partial charge is 0.441 e. The Kier molecular flexibility index (Phi) is 4.02. The summed E-state index contributed by atoms with van der Waals surface area (Å²) in [5.74, 6) is 0.379. The van der Waals surface area contributed by atoms with Crippen LogP contribution in [-0.2, 0) is 0 Å². The molecule has 6 nitrogen and oxygen atoms in total. The van der Waals surface area contributed by atoms with Crippen LogP contribution >= 0.6 is 0 Å². The first-order chi connectivity index (χ1) is 14.2. The third kappa shape index (κ3) is 3.21. The minimum Gasteiger partial charge on any atom is -0.441 e. The van der Waals surface area contributed by atoms with Crippen LogP contribution in [0, 0.1) is 6.92 Å². The molecule has 0 aliphatic rings. The molecule has 6 heteroatoms. The maximum atomic E-state index is 13.2. The summed E-state index contributed by atoms with van der Waals surface area (Å²) in [5, 5.41) is 3.76. The lowest BCUT2D eigenvalue weighted by atomic mass is 10.0. The number of carbonyl (C=O) groups excluding carboxylic acids is 1. The minimum absolute atomic E-state index is 0.210. The summed E-state index contributed by atoms with van der Waals surface area (Å²) in [6, 6.07) is 18.6. The number of nitrogens with zero attached hydrogens (tertiary/aromatic N) is 3. The first kappa shape index (κ1) is 17.1. The van der Waals surface area contributed by atoms with Gasteiger partial charge < -0.3 is 9.73 Å². The van der Waals surface area contributed by atoms with E-state index in [0.29, 0.717) is 28.2 Å². The first-order valence-electron chi connectivity index (χ1n) is 9.16. The van der Waals surface area contributed by atoms with Crippen LogP contribution in [0.3, 0.4) is 0 Å². The van der Waals surface area contributed by atoms with Crippen molar-refractivity contribution in [2.75, 3.05) is 5.32 Å². The van der Waals surface area contributed by atoms with E-state index in [1.54, 1.807) is 37.5 Å². The highest BCUT2D eigenvalue weighted by Gasteiger charge is 2.15. The van der Waals surface area contributed by atoms with E-state index in [1.165, 1.54) is 0 Å². The molecule has 0 aliphatic heterocycles. The zero-order valence-electron chi connectivity index (χ0n) is 15.6. The van der Waals surface area contributed by atoms with Gasteiger partial charge in [-0.1, -0.05) is 18.2 Å². The van der Waals surface area contributed by atoms with Crippen molar-refractivity contribution < 1.29 is 9.21 Å².